The van der Waals surface area contributed by atoms with Gasteiger partial charge in [0.1, 0.15) is 0 Å². The first-order valence-corrected chi connectivity index (χ1v) is 8.95. The third kappa shape index (κ3) is 2.41. The molecular weight excluding hydrogens is 280 g/mol. The van der Waals surface area contributed by atoms with Gasteiger partial charge in [-0.3, -0.25) is 9.80 Å². The van der Waals surface area contributed by atoms with Gasteiger partial charge in [-0.05, 0) is 35.4 Å². The maximum Gasteiger partial charge on any atom is 0.0262 e. The van der Waals surface area contributed by atoms with Gasteiger partial charge in [0.2, 0.25) is 0 Å². The van der Waals surface area contributed by atoms with Crippen LogP contribution in [0.3, 0.4) is 0 Å². The van der Waals surface area contributed by atoms with Crippen LogP contribution in [0.5, 0.6) is 0 Å². The Labute approximate surface area is 138 Å². The molecule has 0 N–H and O–H groups in total. The average Bonchev–Trinajstić information content (AvgIpc) is 3.28. The van der Waals surface area contributed by atoms with Crippen molar-refractivity contribution in [2.75, 3.05) is 6.54 Å². The van der Waals surface area contributed by atoms with Crippen LogP contribution >= 0.6 is 0 Å². The lowest BCUT2D eigenvalue weighted by atomic mass is 10.0. The van der Waals surface area contributed by atoms with Crippen LogP contribution in [0.2, 0.25) is 0 Å². The third-order valence-corrected chi connectivity index (χ3v) is 6.12. The Hall–Kier alpha value is -1.64. The van der Waals surface area contributed by atoms with Crippen LogP contribution in [0, 0.1) is 5.92 Å². The van der Waals surface area contributed by atoms with E-state index in [1.54, 1.807) is 11.1 Å². The summed E-state index contributed by atoms with van der Waals surface area (Å²) in [5.41, 5.74) is 4.55. The molecule has 0 unspecified atom stereocenters. The highest BCUT2D eigenvalue weighted by molar-refractivity contribution is 5.31. The maximum atomic E-state index is 2.75. The minimum absolute atomic E-state index is 0.755. The Kier molecular flexibility index (Phi) is 3.27. The monoisotopic (exact) mass is 304 g/mol. The molecule has 2 heterocycles. The van der Waals surface area contributed by atoms with E-state index in [1.807, 2.05) is 0 Å². The minimum Gasteiger partial charge on any atom is -0.294 e. The molecular formula is C21H24N2. The van der Waals surface area contributed by atoms with Crippen molar-refractivity contribution in [2.45, 2.75) is 44.6 Å². The summed E-state index contributed by atoms with van der Waals surface area (Å²) < 4.78 is 0. The molecule has 118 valence electrons. The number of nitrogens with zero attached hydrogens (tertiary/aromatic N) is 2. The van der Waals surface area contributed by atoms with Crippen molar-refractivity contribution < 1.29 is 0 Å². The summed E-state index contributed by atoms with van der Waals surface area (Å²) in [6.45, 7) is 4.74. The van der Waals surface area contributed by atoms with E-state index in [-0.39, 0.29) is 0 Å². The molecule has 5 rings (SSSR count). The molecule has 1 saturated heterocycles. The number of likely N-dealkylation sites (tertiary alicyclic amines) is 1. The highest BCUT2D eigenvalue weighted by Gasteiger charge is 2.47. The SMILES string of the molecule is c1ccc(CN2C[C@H]3C[C@@H]2[C@@H](N2Cc4ccccc4C2)C3)cc1. The Morgan fingerprint density at radius 2 is 1.43 bits per heavy atom. The highest BCUT2D eigenvalue weighted by atomic mass is 15.3. The molecule has 2 fully saturated rings. The summed E-state index contributed by atoms with van der Waals surface area (Å²) in [5, 5.41) is 0. The first-order valence-electron chi connectivity index (χ1n) is 8.95. The van der Waals surface area contributed by atoms with Gasteiger partial charge in [0, 0.05) is 38.3 Å². The normalized spacial score (nSPS) is 30.0. The van der Waals surface area contributed by atoms with Crippen LogP contribution in [-0.4, -0.2) is 28.4 Å². The Morgan fingerprint density at radius 3 is 2.13 bits per heavy atom. The third-order valence-electron chi connectivity index (χ3n) is 6.12. The summed E-state index contributed by atoms with van der Waals surface area (Å²) in [4.78, 5) is 5.49. The zero-order valence-corrected chi connectivity index (χ0v) is 13.6. The van der Waals surface area contributed by atoms with Crippen molar-refractivity contribution >= 4 is 0 Å². The largest absolute Gasteiger partial charge is 0.294 e. The molecule has 2 aliphatic heterocycles. The number of hydrogen-bond acceptors (Lipinski definition) is 2. The van der Waals surface area contributed by atoms with Gasteiger partial charge in [0.05, 0.1) is 0 Å². The summed E-state index contributed by atoms with van der Waals surface area (Å²) in [7, 11) is 0. The van der Waals surface area contributed by atoms with Gasteiger partial charge in [-0.1, -0.05) is 54.6 Å². The average molecular weight is 304 g/mol. The second-order valence-corrected chi connectivity index (χ2v) is 7.56. The molecule has 0 radical (unpaired) electrons. The van der Waals surface area contributed by atoms with Crippen LogP contribution in [0.25, 0.3) is 0 Å². The predicted molar refractivity (Wildman–Crippen MR) is 92.8 cm³/mol. The van der Waals surface area contributed by atoms with Crippen LogP contribution in [0.15, 0.2) is 54.6 Å². The number of hydrogen-bond donors (Lipinski definition) is 0. The van der Waals surface area contributed by atoms with Crippen LogP contribution in [0.1, 0.15) is 29.5 Å². The van der Waals surface area contributed by atoms with E-state index in [1.165, 1.54) is 24.9 Å². The van der Waals surface area contributed by atoms with Gasteiger partial charge in [-0.2, -0.15) is 0 Å². The Balaban J connectivity index is 1.32. The summed E-state index contributed by atoms with van der Waals surface area (Å²) in [6, 6.07) is 21.5. The molecule has 3 aliphatic rings. The Bertz CT molecular complexity index is 671. The second-order valence-electron chi connectivity index (χ2n) is 7.56. The summed E-state index contributed by atoms with van der Waals surface area (Å²) >= 11 is 0. The lowest BCUT2D eigenvalue weighted by Gasteiger charge is -2.38. The van der Waals surface area contributed by atoms with Gasteiger partial charge in [0.25, 0.3) is 0 Å². The molecule has 0 spiro atoms. The lowest BCUT2D eigenvalue weighted by Crippen LogP contribution is -2.48. The maximum absolute atomic E-state index is 2.75. The highest BCUT2D eigenvalue weighted by Crippen LogP contribution is 2.43. The van der Waals surface area contributed by atoms with E-state index in [0.29, 0.717) is 0 Å². The van der Waals surface area contributed by atoms with Crippen molar-refractivity contribution in [3.63, 3.8) is 0 Å². The first-order chi connectivity index (χ1) is 11.4. The molecule has 23 heavy (non-hydrogen) atoms. The van der Waals surface area contributed by atoms with E-state index in [2.05, 4.69) is 64.4 Å². The van der Waals surface area contributed by atoms with Crippen molar-refractivity contribution in [1.29, 1.82) is 0 Å². The molecule has 2 aromatic rings. The van der Waals surface area contributed by atoms with Gasteiger partial charge < -0.3 is 0 Å². The number of fused-ring (bicyclic) bond motifs is 3. The molecule has 2 bridgehead atoms. The standard InChI is InChI=1S/C21H24N2/c1-2-6-16(7-3-1)12-22-13-17-10-20(22)21(11-17)23-14-18-8-4-5-9-19(18)15-23/h1-9,17,20-21H,10-15H2/t17-,20+,21-/m0/s1. The zero-order chi connectivity index (χ0) is 15.2. The minimum atomic E-state index is 0.755. The number of rotatable bonds is 3. The fraction of sp³-hybridized carbons (Fsp3) is 0.429. The Morgan fingerprint density at radius 1 is 0.783 bits per heavy atom. The van der Waals surface area contributed by atoms with E-state index >= 15 is 0 Å². The molecule has 0 aromatic heterocycles. The van der Waals surface area contributed by atoms with E-state index in [0.717, 1.165) is 37.6 Å². The van der Waals surface area contributed by atoms with Crippen molar-refractivity contribution in [1.82, 2.24) is 9.80 Å². The van der Waals surface area contributed by atoms with Gasteiger partial charge >= 0.3 is 0 Å². The lowest BCUT2D eigenvalue weighted by molar-refractivity contribution is 0.0783. The zero-order valence-electron chi connectivity index (χ0n) is 13.6. The molecule has 3 atom stereocenters. The molecule has 1 aliphatic carbocycles. The van der Waals surface area contributed by atoms with Crippen molar-refractivity contribution in [3.05, 3.63) is 71.3 Å². The topological polar surface area (TPSA) is 6.48 Å². The molecule has 0 amide bonds. The van der Waals surface area contributed by atoms with E-state index in [9.17, 15) is 0 Å². The van der Waals surface area contributed by atoms with Crippen LogP contribution in [-0.2, 0) is 19.6 Å². The summed E-state index contributed by atoms with van der Waals surface area (Å²) in [5.74, 6) is 0.914. The molecule has 1 saturated carbocycles. The smallest absolute Gasteiger partial charge is 0.0262 e. The number of benzene rings is 2. The summed E-state index contributed by atoms with van der Waals surface area (Å²) in [6.07, 6.45) is 2.81. The van der Waals surface area contributed by atoms with Gasteiger partial charge in [-0.25, -0.2) is 0 Å². The first kappa shape index (κ1) is 13.8. The van der Waals surface area contributed by atoms with Gasteiger partial charge in [0.15, 0.2) is 0 Å². The van der Waals surface area contributed by atoms with Crippen LogP contribution < -0.4 is 0 Å². The quantitative estimate of drug-likeness (QED) is 0.854. The second kappa shape index (κ2) is 5.47. The van der Waals surface area contributed by atoms with E-state index in [4.69, 9.17) is 0 Å². The van der Waals surface area contributed by atoms with Crippen LogP contribution in [0.4, 0.5) is 0 Å². The van der Waals surface area contributed by atoms with Crippen molar-refractivity contribution in [3.8, 4) is 0 Å². The number of piperidine rings is 1. The fourth-order valence-corrected chi connectivity index (χ4v) is 5.09. The molecule has 2 aromatic carbocycles. The van der Waals surface area contributed by atoms with Gasteiger partial charge in [-0.15, -0.1) is 0 Å². The molecule has 2 heteroatoms. The van der Waals surface area contributed by atoms with E-state index < -0.39 is 0 Å². The fourth-order valence-electron chi connectivity index (χ4n) is 5.09. The van der Waals surface area contributed by atoms with Crippen molar-refractivity contribution in [2.24, 2.45) is 5.92 Å². The predicted octanol–water partition coefficient (Wildman–Crippen LogP) is 3.67. The molecule has 2 nitrogen and oxygen atoms in total.